The van der Waals surface area contributed by atoms with E-state index in [1.165, 1.54) is 24.8 Å². The van der Waals surface area contributed by atoms with Crippen LogP contribution in [0.1, 0.15) is 56.2 Å². The van der Waals surface area contributed by atoms with Gasteiger partial charge in [0.1, 0.15) is 11.2 Å². The Labute approximate surface area is 240 Å². The van der Waals surface area contributed by atoms with Gasteiger partial charge in [-0.05, 0) is 50.5 Å². The van der Waals surface area contributed by atoms with E-state index in [0.717, 1.165) is 41.9 Å². The monoisotopic (exact) mass is 581 g/mol. The van der Waals surface area contributed by atoms with Gasteiger partial charge in [0.2, 0.25) is 5.91 Å². The van der Waals surface area contributed by atoms with Crippen molar-refractivity contribution in [1.29, 1.82) is 5.26 Å². The number of imide groups is 1. The van der Waals surface area contributed by atoms with Crippen LogP contribution in [0.2, 0.25) is 0 Å². The zero-order valence-corrected chi connectivity index (χ0v) is 23.4. The number of urea groups is 1. The smallest absolute Gasteiger partial charge is 0.359 e. The fraction of sp³-hybridized carbons (Fsp3) is 0.379. The molecular weight excluding hydrogens is 551 g/mol. The van der Waals surface area contributed by atoms with Crippen molar-refractivity contribution < 1.29 is 27.6 Å². The third-order valence-corrected chi connectivity index (χ3v) is 7.21. The summed E-state index contributed by atoms with van der Waals surface area (Å²) >= 11 is 0. The van der Waals surface area contributed by atoms with Crippen LogP contribution in [0.25, 0.3) is 11.3 Å². The van der Waals surface area contributed by atoms with Gasteiger partial charge < -0.3 is 10.2 Å². The van der Waals surface area contributed by atoms with E-state index in [-0.39, 0.29) is 18.1 Å². The second-order valence-electron chi connectivity index (χ2n) is 10.5. The van der Waals surface area contributed by atoms with Crippen molar-refractivity contribution in [1.82, 2.24) is 25.2 Å². The highest BCUT2D eigenvalue weighted by atomic mass is 19.4. The summed E-state index contributed by atoms with van der Waals surface area (Å²) in [5.74, 6) is -0.652. The predicted octanol–water partition coefficient (Wildman–Crippen LogP) is 4.89. The molecule has 1 aromatic heterocycles. The van der Waals surface area contributed by atoms with Crippen LogP contribution in [-0.4, -0.2) is 50.3 Å². The third-order valence-electron chi connectivity index (χ3n) is 7.21. The number of unbranched alkanes of at least 4 members (excludes halogenated alkanes) is 2. The molecule has 1 fully saturated rings. The standard InChI is InChI=1S/C29H30F3N7O3/c1-28(2)26(41)39(22-13-12-21(16-33)23(15-22)29(30,31)32)27(42)38(28)17-19-8-10-20(11-9-19)24-18-37(36-35-24)14-6-4-5-7-25(40)34-3/h8-13,15,18H,4-7,14,17H2,1-3H3,(H,34,40). The molecule has 0 atom stereocenters. The largest absolute Gasteiger partial charge is 0.417 e. The van der Waals surface area contributed by atoms with Gasteiger partial charge in [-0.2, -0.15) is 18.4 Å². The van der Waals surface area contributed by atoms with E-state index < -0.39 is 34.8 Å². The lowest BCUT2D eigenvalue weighted by atomic mass is 10.0. The van der Waals surface area contributed by atoms with Crippen molar-refractivity contribution in [2.75, 3.05) is 11.9 Å². The van der Waals surface area contributed by atoms with E-state index in [4.69, 9.17) is 5.26 Å². The summed E-state index contributed by atoms with van der Waals surface area (Å²) in [6.07, 6.45) is 0.0233. The maximum absolute atomic E-state index is 13.5. The number of aryl methyl sites for hydroxylation is 1. The SMILES string of the molecule is CNC(=O)CCCCCn1cc(-c2ccc(CN3C(=O)N(c4ccc(C#N)c(C(F)(F)F)c4)C(=O)C3(C)C)cc2)nn1. The van der Waals surface area contributed by atoms with Gasteiger partial charge in [0.15, 0.2) is 0 Å². The maximum atomic E-state index is 13.5. The van der Waals surface area contributed by atoms with Crippen LogP contribution < -0.4 is 10.2 Å². The zero-order chi connectivity index (χ0) is 30.7. The summed E-state index contributed by atoms with van der Waals surface area (Å²) < 4.78 is 42.3. The Balaban J connectivity index is 1.44. The van der Waals surface area contributed by atoms with Gasteiger partial charge in [-0.15, -0.1) is 5.10 Å². The molecule has 0 aliphatic carbocycles. The molecule has 0 saturated carbocycles. The Morgan fingerprint density at radius 2 is 1.79 bits per heavy atom. The number of alkyl halides is 3. The van der Waals surface area contributed by atoms with Gasteiger partial charge in [-0.1, -0.05) is 35.9 Å². The molecule has 220 valence electrons. The van der Waals surface area contributed by atoms with Crippen LogP contribution in [0.4, 0.5) is 23.7 Å². The average Bonchev–Trinajstić information content (AvgIpc) is 3.49. The predicted molar refractivity (Wildman–Crippen MR) is 147 cm³/mol. The molecule has 1 saturated heterocycles. The van der Waals surface area contributed by atoms with Crippen molar-refractivity contribution in [3.8, 4) is 17.3 Å². The molecule has 3 aromatic rings. The lowest BCUT2D eigenvalue weighted by Gasteiger charge is -2.27. The summed E-state index contributed by atoms with van der Waals surface area (Å²) in [6.45, 7) is 3.78. The van der Waals surface area contributed by atoms with Gasteiger partial charge in [0, 0.05) is 32.1 Å². The van der Waals surface area contributed by atoms with Crippen molar-refractivity contribution >= 4 is 23.5 Å². The first-order valence-corrected chi connectivity index (χ1v) is 13.3. The molecule has 1 aliphatic heterocycles. The molecule has 4 rings (SSSR count). The number of hydrogen-bond acceptors (Lipinski definition) is 6. The molecule has 0 bridgehead atoms. The Hall–Kier alpha value is -4.73. The first kappa shape index (κ1) is 30.2. The summed E-state index contributed by atoms with van der Waals surface area (Å²) in [5, 5.41) is 20.0. The van der Waals surface area contributed by atoms with Crippen LogP contribution in [0, 0.1) is 11.3 Å². The fourth-order valence-electron chi connectivity index (χ4n) is 4.70. The van der Waals surface area contributed by atoms with E-state index >= 15 is 0 Å². The Morgan fingerprint density at radius 3 is 2.43 bits per heavy atom. The Kier molecular flexibility index (Phi) is 8.65. The maximum Gasteiger partial charge on any atom is 0.417 e. The topological polar surface area (TPSA) is 124 Å². The molecule has 2 aromatic carbocycles. The number of rotatable bonds is 10. The van der Waals surface area contributed by atoms with Crippen LogP contribution in [-0.2, 0) is 28.9 Å². The van der Waals surface area contributed by atoms with Crippen molar-refractivity contribution in [3.05, 3.63) is 65.4 Å². The average molecular weight is 582 g/mol. The number of hydrogen-bond donors (Lipinski definition) is 1. The van der Waals surface area contributed by atoms with Gasteiger partial charge in [0.05, 0.1) is 29.1 Å². The molecule has 13 heteroatoms. The minimum atomic E-state index is -4.83. The lowest BCUT2D eigenvalue weighted by Crippen LogP contribution is -2.43. The van der Waals surface area contributed by atoms with Crippen LogP contribution in [0.5, 0.6) is 0 Å². The number of carbonyl (C=O) groups excluding carboxylic acids is 3. The van der Waals surface area contributed by atoms with E-state index in [2.05, 4.69) is 15.6 Å². The molecule has 2 heterocycles. The number of nitrogens with one attached hydrogen (secondary N) is 1. The summed E-state index contributed by atoms with van der Waals surface area (Å²) in [6, 6.07) is 10.7. The Morgan fingerprint density at radius 1 is 1.07 bits per heavy atom. The minimum Gasteiger partial charge on any atom is -0.359 e. The van der Waals surface area contributed by atoms with Gasteiger partial charge in [0.25, 0.3) is 5.91 Å². The fourth-order valence-corrected chi connectivity index (χ4v) is 4.70. The minimum absolute atomic E-state index is 0.0221. The van der Waals surface area contributed by atoms with Crippen LogP contribution in [0.3, 0.4) is 0 Å². The molecule has 0 unspecified atom stereocenters. The molecule has 42 heavy (non-hydrogen) atoms. The summed E-state index contributed by atoms with van der Waals surface area (Å²) in [4.78, 5) is 39.9. The van der Waals surface area contributed by atoms with Crippen LogP contribution >= 0.6 is 0 Å². The van der Waals surface area contributed by atoms with Gasteiger partial charge >= 0.3 is 12.2 Å². The molecule has 0 spiro atoms. The second kappa shape index (κ2) is 12.0. The van der Waals surface area contributed by atoms with Crippen LogP contribution in [0.15, 0.2) is 48.7 Å². The number of benzene rings is 2. The number of nitrogens with zero attached hydrogens (tertiary/aromatic N) is 6. The number of aromatic nitrogens is 3. The number of halogens is 3. The molecule has 0 radical (unpaired) electrons. The highest BCUT2D eigenvalue weighted by Gasteiger charge is 2.52. The summed E-state index contributed by atoms with van der Waals surface area (Å²) in [7, 11) is 1.62. The Bertz CT molecular complexity index is 1520. The number of amides is 4. The van der Waals surface area contributed by atoms with E-state index in [1.807, 2.05) is 18.3 Å². The highest BCUT2D eigenvalue weighted by Crippen LogP contribution is 2.38. The first-order chi connectivity index (χ1) is 19.9. The zero-order valence-electron chi connectivity index (χ0n) is 23.4. The van der Waals surface area contributed by atoms with Gasteiger partial charge in [-0.3, -0.25) is 14.3 Å². The molecule has 10 nitrogen and oxygen atoms in total. The normalized spacial score (nSPS) is 14.8. The molecular formula is C29H30F3N7O3. The van der Waals surface area contributed by atoms with E-state index in [9.17, 15) is 27.6 Å². The third kappa shape index (κ3) is 6.27. The van der Waals surface area contributed by atoms with Crippen molar-refractivity contribution in [3.63, 3.8) is 0 Å². The molecule has 4 amide bonds. The van der Waals surface area contributed by atoms with E-state index in [0.29, 0.717) is 30.3 Å². The first-order valence-electron chi connectivity index (χ1n) is 13.3. The van der Waals surface area contributed by atoms with Crippen molar-refractivity contribution in [2.24, 2.45) is 0 Å². The lowest BCUT2D eigenvalue weighted by molar-refractivity contribution is -0.137. The van der Waals surface area contributed by atoms with Gasteiger partial charge in [-0.25, -0.2) is 9.69 Å². The van der Waals surface area contributed by atoms with E-state index in [1.54, 1.807) is 23.9 Å². The number of anilines is 1. The van der Waals surface area contributed by atoms with Crippen molar-refractivity contribution in [2.45, 2.75) is 64.3 Å². The molecule has 1 N–H and O–H groups in total. The quantitative estimate of drug-likeness (QED) is 0.269. The number of nitriles is 1. The summed E-state index contributed by atoms with van der Waals surface area (Å²) in [5.41, 5.74) is -1.23. The highest BCUT2D eigenvalue weighted by molar-refractivity contribution is 6.23. The molecule has 1 aliphatic rings. The number of carbonyl (C=O) groups is 3. The second-order valence-corrected chi connectivity index (χ2v) is 10.5.